The van der Waals surface area contributed by atoms with E-state index in [1.807, 2.05) is 29.2 Å². The fourth-order valence-electron chi connectivity index (χ4n) is 2.89. The van der Waals surface area contributed by atoms with Crippen LogP contribution in [0.3, 0.4) is 0 Å². The van der Waals surface area contributed by atoms with E-state index in [1.165, 1.54) is 5.56 Å². The van der Waals surface area contributed by atoms with Crippen LogP contribution in [0, 0.1) is 6.92 Å². The Kier molecular flexibility index (Phi) is 4.59. The molecule has 2 aromatic rings. The lowest BCUT2D eigenvalue weighted by Crippen LogP contribution is -2.48. The first-order valence-corrected chi connectivity index (χ1v) is 7.79. The summed E-state index contributed by atoms with van der Waals surface area (Å²) in [5.41, 5.74) is 2.30. The maximum Gasteiger partial charge on any atom is 0.227 e. The van der Waals surface area contributed by atoms with Crippen molar-refractivity contribution in [3.8, 4) is 0 Å². The van der Waals surface area contributed by atoms with Crippen molar-refractivity contribution >= 4 is 5.91 Å². The Balaban J connectivity index is 1.49. The van der Waals surface area contributed by atoms with Gasteiger partial charge in [-0.1, -0.05) is 29.8 Å². The first kappa shape index (κ1) is 14.9. The van der Waals surface area contributed by atoms with Crippen molar-refractivity contribution in [2.75, 3.05) is 26.2 Å². The third-order valence-corrected chi connectivity index (χ3v) is 4.12. The van der Waals surface area contributed by atoms with Crippen molar-refractivity contribution in [1.82, 2.24) is 9.80 Å². The molecule has 2 heterocycles. The average Bonchev–Trinajstić information content (AvgIpc) is 3.01. The van der Waals surface area contributed by atoms with Gasteiger partial charge >= 0.3 is 0 Å². The lowest BCUT2D eigenvalue weighted by Gasteiger charge is -2.34. The topological polar surface area (TPSA) is 36.7 Å². The Bertz CT molecular complexity index is 614. The number of furan rings is 1. The molecule has 4 nitrogen and oxygen atoms in total. The minimum Gasteiger partial charge on any atom is -0.468 e. The Morgan fingerprint density at radius 3 is 2.64 bits per heavy atom. The van der Waals surface area contributed by atoms with Crippen molar-refractivity contribution in [2.24, 2.45) is 0 Å². The first-order valence-electron chi connectivity index (χ1n) is 7.79. The summed E-state index contributed by atoms with van der Waals surface area (Å²) in [7, 11) is 0. The zero-order valence-corrected chi connectivity index (χ0v) is 13.0. The van der Waals surface area contributed by atoms with E-state index in [0.29, 0.717) is 6.42 Å². The fraction of sp³-hybridized carbons (Fsp3) is 0.389. The van der Waals surface area contributed by atoms with E-state index in [4.69, 9.17) is 4.42 Å². The van der Waals surface area contributed by atoms with Gasteiger partial charge in [0.25, 0.3) is 0 Å². The van der Waals surface area contributed by atoms with E-state index in [1.54, 1.807) is 6.26 Å². The number of aryl methyl sites for hydroxylation is 1. The summed E-state index contributed by atoms with van der Waals surface area (Å²) in [6.45, 7) is 6.28. The monoisotopic (exact) mass is 298 g/mol. The highest BCUT2D eigenvalue weighted by Gasteiger charge is 2.21. The second-order valence-corrected chi connectivity index (χ2v) is 5.90. The van der Waals surface area contributed by atoms with Gasteiger partial charge in [0.15, 0.2) is 0 Å². The number of carbonyl (C=O) groups excluding carboxylic acids is 1. The second-order valence-electron chi connectivity index (χ2n) is 5.90. The zero-order chi connectivity index (χ0) is 15.4. The third kappa shape index (κ3) is 3.77. The largest absolute Gasteiger partial charge is 0.468 e. The van der Waals surface area contributed by atoms with Crippen molar-refractivity contribution in [2.45, 2.75) is 19.9 Å². The third-order valence-electron chi connectivity index (χ3n) is 4.12. The number of rotatable bonds is 4. The second kappa shape index (κ2) is 6.79. The molecule has 1 fully saturated rings. The van der Waals surface area contributed by atoms with E-state index in [-0.39, 0.29) is 5.91 Å². The van der Waals surface area contributed by atoms with E-state index in [9.17, 15) is 4.79 Å². The molecule has 0 unspecified atom stereocenters. The first-order chi connectivity index (χ1) is 10.7. The van der Waals surface area contributed by atoms with Gasteiger partial charge in [0, 0.05) is 26.2 Å². The Morgan fingerprint density at radius 1 is 1.14 bits per heavy atom. The van der Waals surface area contributed by atoms with Crippen LogP contribution < -0.4 is 0 Å². The predicted octanol–water partition coefficient (Wildman–Crippen LogP) is 2.47. The lowest BCUT2D eigenvalue weighted by molar-refractivity contribution is -0.132. The summed E-state index contributed by atoms with van der Waals surface area (Å²) in [6, 6.07) is 12.1. The highest BCUT2D eigenvalue weighted by molar-refractivity contribution is 5.78. The van der Waals surface area contributed by atoms with E-state index in [2.05, 4.69) is 24.0 Å². The Morgan fingerprint density at radius 2 is 1.95 bits per heavy atom. The lowest BCUT2D eigenvalue weighted by atomic mass is 10.1. The summed E-state index contributed by atoms with van der Waals surface area (Å²) in [5.74, 6) is 1.21. The predicted molar refractivity (Wildman–Crippen MR) is 85.4 cm³/mol. The van der Waals surface area contributed by atoms with Crippen LogP contribution in [0.25, 0.3) is 0 Å². The number of nitrogens with zero attached hydrogens (tertiary/aromatic N) is 2. The maximum absolute atomic E-state index is 12.4. The van der Waals surface area contributed by atoms with Crippen LogP contribution in [-0.2, 0) is 17.8 Å². The van der Waals surface area contributed by atoms with Crippen molar-refractivity contribution in [1.29, 1.82) is 0 Å². The molecule has 4 heteroatoms. The van der Waals surface area contributed by atoms with Gasteiger partial charge in [0.1, 0.15) is 5.76 Å². The summed E-state index contributed by atoms with van der Waals surface area (Å²) in [4.78, 5) is 16.7. The molecule has 0 atom stereocenters. The van der Waals surface area contributed by atoms with Crippen LogP contribution in [0.4, 0.5) is 0 Å². The van der Waals surface area contributed by atoms with Crippen LogP contribution >= 0.6 is 0 Å². The molecule has 1 amide bonds. The molecule has 0 saturated carbocycles. The Hall–Kier alpha value is -2.07. The SMILES string of the molecule is Cc1cccc(CC(=O)N2CCN(Cc3ccco3)CC2)c1. The highest BCUT2D eigenvalue weighted by atomic mass is 16.3. The van der Waals surface area contributed by atoms with Crippen molar-refractivity contribution in [3.05, 3.63) is 59.5 Å². The van der Waals surface area contributed by atoms with Crippen LogP contribution in [-0.4, -0.2) is 41.9 Å². The molecule has 0 spiro atoms. The average molecular weight is 298 g/mol. The van der Waals surface area contributed by atoms with Crippen LogP contribution in [0.15, 0.2) is 47.1 Å². The van der Waals surface area contributed by atoms with Crippen molar-refractivity contribution < 1.29 is 9.21 Å². The van der Waals surface area contributed by atoms with Gasteiger partial charge in [-0.3, -0.25) is 9.69 Å². The number of carbonyl (C=O) groups is 1. The molecule has 22 heavy (non-hydrogen) atoms. The standard InChI is InChI=1S/C18H22N2O2/c1-15-4-2-5-16(12-15)13-18(21)20-9-7-19(8-10-20)14-17-6-3-11-22-17/h2-6,11-12H,7-10,13-14H2,1H3. The summed E-state index contributed by atoms with van der Waals surface area (Å²) >= 11 is 0. The van der Waals surface area contributed by atoms with E-state index in [0.717, 1.165) is 44.0 Å². The number of hydrogen-bond donors (Lipinski definition) is 0. The number of hydrogen-bond acceptors (Lipinski definition) is 3. The van der Waals surface area contributed by atoms with Crippen molar-refractivity contribution in [3.63, 3.8) is 0 Å². The molecule has 1 aliphatic heterocycles. The molecule has 0 bridgehead atoms. The van der Waals surface area contributed by atoms with Gasteiger partial charge in [-0.25, -0.2) is 0 Å². The molecule has 0 radical (unpaired) electrons. The smallest absolute Gasteiger partial charge is 0.227 e. The maximum atomic E-state index is 12.4. The number of benzene rings is 1. The van der Waals surface area contributed by atoms with Gasteiger partial charge < -0.3 is 9.32 Å². The molecule has 116 valence electrons. The number of piperazine rings is 1. The minimum absolute atomic E-state index is 0.225. The summed E-state index contributed by atoms with van der Waals surface area (Å²) in [5, 5.41) is 0. The Labute approximate surface area is 131 Å². The zero-order valence-electron chi connectivity index (χ0n) is 13.0. The summed E-state index contributed by atoms with van der Waals surface area (Å²) in [6.07, 6.45) is 2.21. The van der Waals surface area contributed by atoms with E-state index < -0.39 is 0 Å². The van der Waals surface area contributed by atoms with E-state index >= 15 is 0 Å². The van der Waals surface area contributed by atoms with Crippen LogP contribution in [0.1, 0.15) is 16.9 Å². The van der Waals surface area contributed by atoms with Crippen LogP contribution in [0.5, 0.6) is 0 Å². The fourth-order valence-corrected chi connectivity index (χ4v) is 2.89. The molecule has 1 aromatic carbocycles. The van der Waals surface area contributed by atoms with Gasteiger partial charge in [-0.05, 0) is 24.6 Å². The molecule has 3 rings (SSSR count). The molecule has 1 saturated heterocycles. The molecular weight excluding hydrogens is 276 g/mol. The highest BCUT2D eigenvalue weighted by Crippen LogP contribution is 2.11. The summed E-state index contributed by atoms with van der Waals surface area (Å²) < 4.78 is 5.38. The van der Waals surface area contributed by atoms with Crippen LogP contribution in [0.2, 0.25) is 0 Å². The van der Waals surface area contributed by atoms with Gasteiger partial charge in [0.05, 0.1) is 19.2 Å². The normalized spacial score (nSPS) is 16.0. The molecular formula is C18H22N2O2. The minimum atomic E-state index is 0.225. The van der Waals surface area contributed by atoms with Gasteiger partial charge in [-0.2, -0.15) is 0 Å². The molecule has 1 aliphatic rings. The van der Waals surface area contributed by atoms with Gasteiger partial charge in [0.2, 0.25) is 5.91 Å². The number of amides is 1. The molecule has 0 aliphatic carbocycles. The van der Waals surface area contributed by atoms with Gasteiger partial charge in [-0.15, -0.1) is 0 Å². The molecule has 0 N–H and O–H groups in total. The quantitative estimate of drug-likeness (QED) is 0.870. The molecule has 1 aromatic heterocycles.